The van der Waals surface area contributed by atoms with Crippen LogP contribution >= 0.6 is 0 Å². The van der Waals surface area contributed by atoms with E-state index in [0.717, 1.165) is 56.3 Å². The van der Waals surface area contributed by atoms with Crippen molar-refractivity contribution >= 4 is 17.1 Å². The third-order valence-corrected chi connectivity index (χ3v) is 12.4. The van der Waals surface area contributed by atoms with Gasteiger partial charge in [0.15, 0.2) is 5.82 Å². The average Bonchev–Trinajstić information content (AvgIpc) is 3.42. The van der Waals surface area contributed by atoms with Gasteiger partial charge in [-0.2, -0.15) is 0 Å². The van der Waals surface area contributed by atoms with Crippen LogP contribution in [0, 0.1) is 0 Å². The van der Waals surface area contributed by atoms with E-state index in [1.165, 1.54) is 44.5 Å². The fourth-order valence-electron chi connectivity index (χ4n) is 8.73. The molecule has 0 bridgehead atoms. The van der Waals surface area contributed by atoms with Crippen LogP contribution in [0.4, 0.5) is 17.1 Å². The molecule has 0 radical (unpaired) electrons. The van der Waals surface area contributed by atoms with Gasteiger partial charge < -0.3 is 4.90 Å². The summed E-state index contributed by atoms with van der Waals surface area (Å²) in [6.45, 7) is 0. The largest absolute Gasteiger partial charge is 0.311 e. The Kier molecular flexibility index (Phi) is 11.4. The van der Waals surface area contributed by atoms with E-state index < -0.39 is 0 Å². The van der Waals surface area contributed by atoms with Crippen molar-refractivity contribution in [3.63, 3.8) is 0 Å². The summed E-state index contributed by atoms with van der Waals surface area (Å²) < 4.78 is 0. The lowest BCUT2D eigenvalue weighted by atomic mass is 9.99. The molecule has 0 unspecified atom stereocenters. The summed E-state index contributed by atoms with van der Waals surface area (Å²) in [4.78, 5) is 12.4. The maximum Gasteiger partial charge on any atom is 0.160 e. The first-order valence-corrected chi connectivity index (χ1v) is 22.7. The molecule has 0 atom stereocenters. The lowest BCUT2D eigenvalue weighted by Gasteiger charge is -2.26. The second-order valence-corrected chi connectivity index (χ2v) is 16.6. The molecule has 0 aliphatic heterocycles. The van der Waals surface area contributed by atoms with Gasteiger partial charge in [-0.1, -0.05) is 231 Å². The molecule has 0 fully saturated rings. The van der Waals surface area contributed by atoms with Crippen molar-refractivity contribution in [2.45, 2.75) is 0 Å². The summed E-state index contributed by atoms with van der Waals surface area (Å²) in [6.07, 6.45) is 0. The molecular formula is C64H45N3. The van der Waals surface area contributed by atoms with Gasteiger partial charge in [-0.25, -0.2) is 9.97 Å². The summed E-state index contributed by atoms with van der Waals surface area (Å²) in [5.74, 6) is 0.709. The predicted octanol–water partition coefficient (Wildman–Crippen LogP) is 17.3. The third-order valence-electron chi connectivity index (χ3n) is 12.4. The van der Waals surface area contributed by atoms with E-state index in [4.69, 9.17) is 9.97 Å². The molecule has 1 aromatic heterocycles. The second-order valence-electron chi connectivity index (χ2n) is 16.6. The standard InChI is InChI=1S/C64H45N3/c1-5-13-46(14-6-1)48-21-25-50(26-22-48)53-33-39-59(40-34-53)67(60-41-35-54(36-42-60)51-27-23-49(24-28-51)47-15-7-2-8-16-47)61-43-37-55(38-44-61)52-29-31-57(32-30-52)63-45-62(56-17-9-3-10-18-56)65-64(66-63)58-19-11-4-12-20-58/h1-45H. The van der Waals surface area contributed by atoms with Gasteiger partial charge in [0.05, 0.1) is 11.4 Å². The second kappa shape index (κ2) is 18.7. The number of rotatable bonds is 11. The van der Waals surface area contributed by atoms with Crippen LogP contribution in [0.5, 0.6) is 0 Å². The Balaban J connectivity index is 0.892. The number of hydrogen-bond acceptors (Lipinski definition) is 3. The van der Waals surface area contributed by atoms with Gasteiger partial charge in [0.1, 0.15) is 0 Å². The van der Waals surface area contributed by atoms with Crippen LogP contribution < -0.4 is 4.90 Å². The Morgan fingerprint density at radius 1 is 0.194 bits per heavy atom. The van der Waals surface area contributed by atoms with Crippen molar-refractivity contribution < 1.29 is 0 Å². The molecule has 10 aromatic carbocycles. The molecule has 0 saturated heterocycles. The zero-order valence-corrected chi connectivity index (χ0v) is 36.8. The number of hydrogen-bond donors (Lipinski definition) is 0. The highest BCUT2D eigenvalue weighted by Crippen LogP contribution is 2.39. The Bertz CT molecular complexity index is 3170. The van der Waals surface area contributed by atoms with E-state index >= 15 is 0 Å². The van der Waals surface area contributed by atoms with Crippen LogP contribution in [-0.2, 0) is 0 Å². The average molecular weight is 856 g/mol. The Labute approximate surface area is 392 Å². The van der Waals surface area contributed by atoms with Crippen LogP contribution in [-0.4, -0.2) is 9.97 Å². The number of anilines is 3. The molecular weight excluding hydrogens is 811 g/mol. The summed E-state index contributed by atoms with van der Waals surface area (Å²) in [6, 6.07) is 96.7. The van der Waals surface area contributed by atoms with E-state index in [1.54, 1.807) is 0 Å². The van der Waals surface area contributed by atoms with E-state index in [0.29, 0.717) is 5.82 Å². The molecule has 11 aromatic rings. The lowest BCUT2D eigenvalue weighted by Crippen LogP contribution is -2.09. The van der Waals surface area contributed by atoms with Crippen LogP contribution in [0.15, 0.2) is 273 Å². The summed E-state index contributed by atoms with van der Waals surface area (Å²) in [5.41, 5.74) is 19.9. The molecule has 1 heterocycles. The Morgan fingerprint density at radius 2 is 0.403 bits per heavy atom. The predicted molar refractivity (Wildman–Crippen MR) is 280 cm³/mol. The van der Waals surface area contributed by atoms with Gasteiger partial charge in [0.25, 0.3) is 0 Å². The fraction of sp³-hybridized carbons (Fsp3) is 0. The molecule has 0 spiro atoms. The minimum atomic E-state index is 0.709. The monoisotopic (exact) mass is 855 g/mol. The summed E-state index contributed by atoms with van der Waals surface area (Å²) in [5, 5.41) is 0. The first-order valence-electron chi connectivity index (χ1n) is 22.7. The highest BCUT2D eigenvalue weighted by Gasteiger charge is 2.15. The molecule has 3 nitrogen and oxygen atoms in total. The first kappa shape index (κ1) is 40.8. The van der Waals surface area contributed by atoms with Crippen molar-refractivity contribution in [2.24, 2.45) is 0 Å². The quantitative estimate of drug-likeness (QED) is 0.130. The molecule has 11 rings (SSSR count). The van der Waals surface area contributed by atoms with Gasteiger partial charge in [-0.05, 0) is 98.1 Å². The van der Waals surface area contributed by atoms with E-state index in [9.17, 15) is 0 Å². The van der Waals surface area contributed by atoms with Gasteiger partial charge in [-0.15, -0.1) is 0 Å². The minimum absolute atomic E-state index is 0.709. The topological polar surface area (TPSA) is 29.0 Å². The van der Waals surface area contributed by atoms with E-state index in [-0.39, 0.29) is 0 Å². The molecule has 3 heteroatoms. The highest BCUT2D eigenvalue weighted by atomic mass is 15.1. The number of benzene rings is 10. The highest BCUT2D eigenvalue weighted by molar-refractivity contribution is 5.82. The van der Waals surface area contributed by atoms with Crippen molar-refractivity contribution in [2.75, 3.05) is 4.90 Å². The molecule has 67 heavy (non-hydrogen) atoms. The summed E-state index contributed by atoms with van der Waals surface area (Å²) in [7, 11) is 0. The molecule has 0 N–H and O–H groups in total. The molecule has 0 aliphatic rings. The number of nitrogens with zero attached hydrogens (tertiary/aromatic N) is 3. The van der Waals surface area contributed by atoms with Crippen molar-refractivity contribution in [3.05, 3.63) is 273 Å². The first-order chi connectivity index (χ1) is 33.2. The molecule has 0 amide bonds. The fourth-order valence-corrected chi connectivity index (χ4v) is 8.73. The molecule has 316 valence electrons. The van der Waals surface area contributed by atoms with Crippen LogP contribution in [0.25, 0.3) is 89.5 Å². The smallest absolute Gasteiger partial charge is 0.160 e. The number of aromatic nitrogens is 2. The molecule has 0 saturated carbocycles. The van der Waals surface area contributed by atoms with Gasteiger partial charge in [0, 0.05) is 33.8 Å². The van der Waals surface area contributed by atoms with Crippen molar-refractivity contribution in [1.82, 2.24) is 9.97 Å². The van der Waals surface area contributed by atoms with E-state index in [2.05, 4.69) is 241 Å². The van der Waals surface area contributed by atoms with Crippen molar-refractivity contribution in [1.29, 1.82) is 0 Å². The summed E-state index contributed by atoms with van der Waals surface area (Å²) >= 11 is 0. The normalized spacial score (nSPS) is 11.0. The van der Waals surface area contributed by atoms with Crippen molar-refractivity contribution in [3.8, 4) is 89.5 Å². The lowest BCUT2D eigenvalue weighted by molar-refractivity contribution is 1.18. The zero-order valence-electron chi connectivity index (χ0n) is 36.8. The maximum absolute atomic E-state index is 5.05. The minimum Gasteiger partial charge on any atom is -0.311 e. The van der Waals surface area contributed by atoms with Crippen LogP contribution in [0.1, 0.15) is 0 Å². The Hall–Kier alpha value is -8.92. The van der Waals surface area contributed by atoms with Crippen LogP contribution in [0.3, 0.4) is 0 Å². The maximum atomic E-state index is 5.05. The third kappa shape index (κ3) is 8.95. The Morgan fingerprint density at radius 3 is 0.701 bits per heavy atom. The van der Waals surface area contributed by atoms with Gasteiger partial charge >= 0.3 is 0 Å². The van der Waals surface area contributed by atoms with Crippen LogP contribution in [0.2, 0.25) is 0 Å². The SMILES string of the molecule is c1ccc(-c2ccc(-c3ccc(N(c4ccc(-c5ccc(-c6ccccc6)cc5)cc4)c4ccc(-c5ccc(-c6cc(-c7ccccc7)nc(-c7ccccc7)n6)cc5)cc4)cc3)cc2)cc1. The van der Waals surface area contributed by atoms with E-state index in [1.807, 2.05) is 36.4 Å². The van der Waals surface area contributed by atoms with Gasteiger partial charge in [0.2, 0.25) is 0 Å². The molecule has 0 aliphatic carbocycles. The van der Waals surface area contributed by atoms with Gasteiger partial charge in [-0.3, -0.25) is 0 Å². The zero-order chi connectivity index (χ0) is 44.8.